The molecule has 2 unspecified atom stereocenters. The van der Waals surface area contributed by atoms with Gasteiger partial charge in [-0.2, -0.15) is 0 Å². The molecule has 2 rings (SSSR count). The predicted octanol–water partition coefficient (Wildman–Crippen LogP) is 1.29. The van der Waals surface area contributed by atoms with Crippen LogP contribution in [0.4, 0.5) is 0 Å². The molecular formula is C12H22N2O. The van der Waals surface area contributed by atoms with Crippen molar-refractivity contribution < 1.29 is 4.79 Å². The molecule has 86 valence electrons. The molecule has 2 N–H and O–H groups in total. The molecule has 15 heavy (non-hydrogen) atoms. The second-order valence-corrected chi connectivity index (χ2v) is 5.09. The van der Waals surface area contributed by atoms with Crippen LogP contribution in [0.25, 0.3) is 0 Å². The van der Waals surface area contributed by atoms with E-state index in [2.05, 4.69) is 17.6 Å². The van der Waals surface area contributed by atoms with Gasteiger partial charge in [0.2, 0.25) is 5.91 Å². The van der Waals surface area contributed by atoms with Gasteiger partial charge in [-0.1, -0.05) is 0 Å². The third-order valence-electron chi connectivity index (χ3n) is 3.66. The van der Waals surface area contributed by atoms with Crippen LogP contribution in [0.1, 0.15) is 39.0 Å². The molecule has 2 atom stereocenters. The molecule has 1 saturated carbocycles. The van der Waals surface area contributed by atoms with Crippen molar-refractivity contribution in [2.75, 3.05) is 13.1 Å². The fraction of sp³-hybridized carbons (Fsp3) is 0.917. The van der Waals surface area contributed by atoms with Crippen molar-refractivity contribution in [2.24, 2.45) is 11.8 Å². The Hall–Kier alpha value is -0.570. The SMILES string of the molecule is CC(NC(=O)CCC1CCNC1)C1CC1. The van der Waals surface area contributed by atoms with Gasteiger partial charge < -0.3 is 10.6 Å². The molecule has 0 aromatic carbocycles. The van der Waals surface area contributed by atoms with E-state index in [9.17, 15) is 4.79 Å². The Balaban J connectivity index is 1.59. The fourth-order valence-corrected chi connectivity index (χ4v) is 2.34. The first-order valence-electron chi connectivity index (χ1n) is 6.26. The second kappa shape index (κ2) is 4.97. The minimum absolute atomic E-state index is 0.251. The Kier molecular flexibility index (Phi) is 3.62. The summed E-state index contributed by atoms with van der Waals surface area (Å²) in [6.45, 7) is 4.36. The predicted molar refractivity (Wildman–Crippen MR) is 60.5 cm³/mol. The number of hydrogen-bond acceptors (Lipinski definition) is 2. The van der Waals surface area contributed by atoms with E-state index in [0.717, 1.165) is 31.3 Å². The summed E-state index contributed by atoms with van der Waals surface area (Å²) in [4.78, 5) is 11.6. The summed E-state index contributed by atoms with van der Waals surface area (Å²) in [7, 11) is 0. The minimum Gasteiger partial charge on any atom is -0.353 e. The first-order valence-corrected chi connectivity index (χ1v) is 6.26. The van der Waals surface area contributed by atoms with Crippen LogP contribution in [0, 0.1) is 11.8 Å². The van der Waals surface area contributed by atoms with E-state index < -0.39 is 0 Å². The van der Waals surface area contributed by atoms with Crippen molar-refractivity contribution in [3.05, 3.63) is 0 Å². The highest BCUT2D eigenvalue weighted by Gasteiger charge is 2.28. The topological polar surface area (TPSA) is 41.1 Å². The maximum Gasteiger partial charge on any atom is 0.220 e. The molecule has 0 aromatic rings. The van der Waals surface area contributed by atoms with Gasteiger partial charge in [0.15, 0.2) is 0 Å². The Labute approximate surface area is 92.0 Å². The van der Waals surface area contributed by atoms with Crippen LogP contribution in [-0.2, 0) is 4.79 Å². The molecular weight excluding hydrogens is 188 g/mol. The van der Waals surface area contributed by atoms with Crippen molar-refractivity contribution in [3.8, 4) is 0 Å². The lowest BCUT2D eigenvalue weighted by Crippen LogP contribution is -2.34. The first-order chi connectivity index (χ1) is 7.25. The van der Waals surface area contributed by atoms with E-state index in [0.29, 0.717) is 12.5 Å². The average molecular weight is 210 g/mol. The quantitative estimate of drug-likeness (QED) is 0.718. The summed E-state index contributed by atoms with van der Waals surface area (Å²) >= 11 is 0. The summed E-state index contributed by atoms with van der Waals surface area (Å²) < 4.78 is 0. The highest BCUT2D eigenvalue weighted by Crippen LogP contribution is 2.32. The second-order valence-electron chi connectivity index (χ2n) is 5.09. The summed E-state index contributed by atoms with van der Waals surface area (Å²) in [5, 5.41) is 6.44. The van der Waals surface area contributed by atoms with Gasteiger partial charge in [0, 0.05) is 12.5 Å². The zero-order valence-corrected chi connectivity index (χ0v) is 9.59. The summed E-state index contributed by atoms with van der Waals surface area (Å²) in [6, 6.07) is 0.402. The highest BCUT2D eigenvalue weighted by atomic mass is 16.1. The summed E-state index contributed by atoms with van der Waals surface area (Å²) in [5.74, 6) is 1.75. The largest absolute Gasteiger partial charge is 0.353 e. The van der Waals surface area contributed by atoms with Crippen molar-refractivity contribution in [1.82, 2.24) is 10.6 Å². The Morgan fingerprint density at radius 3 is 2.87 bits per heavy atom. The number of carbonyl (C=O) groups excluding carboxylic acids is 1. The molecule has 0 spiro atoms. The monoisotopic (exact) mass is 210 g/mol. The molecule has 1 aliphatic heterocycles. The van der Waals surface area contributed by atoms with E-state index in [1.165, 1.54) is 19.3 Å². The molecule has 0 aromatic heterocycles. The molecule has 2 fully saturated rings. The van der Waals surface area contributed by atoms with Crippen molar-refractivity contribution >= 4 is 5.91 Å². The van der Waals surface area contributed by atoms with E-state index in [-0.39, 0.29) is 5.91 Å². The Morgan fingerprint density at radius 2 is 2.27 bits per heavy atom. The van der Waals surface area contributed by atoms with Gasteiger partial charge >= 0.3 is 0 Å². The number of amides is 1. The number of carbonyl (C=O) groups is 1. The summed E-state index contributed by atoms with van der Waals surface area (Å²) in [6.07, 6.45) is 5.60. The number of nitrogens with one attached hydrogen (secondary N) is 2. The average Bonchev–Trinajstić information content (AvgIpc) is 2.93. The minimum atomic E-state index is 0.251. The lowest BCUT2D eigenvalue weighted by atomic mass is 10.0. The molecule has 1 saturated heterocycles. The van der Waals surface area contributed by atoms with Crippen molar-refractivity contribution in [3.63, 3.8) is 0 Å². The van der Waals surface area contributed by atoms with Crippen LogP contribution in [-0.4, -0.2) is 25.0 Å². The van der Waals surface area contributed by atoms with Crippen molar-refractivity contribution in [1.29, 1.82) is 0 Å². The molecule has 1 amide bonds. The maximum absolute atomic E-state index is 11.6. The summed E-state index contributed by atoms with van der Waals surface area (Å²) in [5.41, 5.74) is 0. The fourth-order valence-electron chi connectivity index (χ4n) is 2.34. The maximum atomic E-state index is 11.6. The number of hydrogen-bond donors (Lipinski definition) is 2. The normalized spacial score (nSPS) is 27.7. The smallest absolute Gasteiger partial charge is 0.220 e. The Bertz CT molecular complexity index is 220. The Morgan fingerprint density at radius 1 is 1.47 bits per heavy atom. The molecule has 1 aliphatic carbocycles. The van der Waals surface area contributed by atoms with E-state index in [1.807, 2.05) is 0 Å². The lowest BCUT2D eigenvalue weighted by molar-refractivity contribution is -0.122. The van der Waals surface area contributed by atoms with Gasteiger partial charge in [0.25, 0.3) is 0 Å². The third kappa shape index (κ3) is 3.49. The molecule has 3 heteroatoms. The molecule has 1 heterocycles. The van der Waals surface area contributed by atoms with Gasteiger partial charge in [-0.3, -0.25) is 4.79 Å². The highest BCUT2D eigenvalue weighted by molar-refractivity contribution is 5.76. The van der Waals surface area contributed by atoms with Gasteiger partial charge in [-0.05, 0) is 57.5 Å². The standard InChI is InChI=1S/C12H22N2O/c1-9(11-3-4-11)14-12(15)5-2-10-6-7-13-8-10/h9-11,13H,2-8H2,1H3,(H,14,15). The first kappa shape index (κ1) is 10.9. The van der Waals surface area contributed by atoms with Crippen LogP contribution in [0.15, 0.2) is 0 Å². The molecule has 0 radical (unpaired) electrons. The van der Waals surface area contributed by atoms with E-state index >= 15 is 0 Å². The van der Waals surface area contributed by atoms with E-state index in [1.54, 1.807) is 0 Å². The van der Waals surface area contributed by atoms with Crippen LogP contribution >= 0.6 is 0 Å². The lowest BCUT2D eigenvalue weighted by Gasteiger charge is -2.13. The zero-order valence-electron chi connectivity index (χ0n) is 9.59. The van der Waals surface area contributed by atoms with Crippen LogP contribution in [0.5, 0.6) is 0 Å². The van der Waals surface area contributed by atoms with Crippen LogP contribution in [0.3, 0.4) is 0 Å². The number of rotatable bonds is 5. The van der Waals surface area contributed by atoms with Crippen molar-refractivity contribution in [2.45, 2.75) is 45.1 Å². The molecule has 2 aliphatic rings. The van der Waals surface area contributed by atoms with Gasteiger partial charge in [-0.25, -0.2) is 0 Å². The molecule has 0 bridgehead atoms. The van der Waals surface area contributed by atoms with Crippen LogP contribution in [0.2, 0.25) is 0 Å². The third-order valence-corrected chi connectivity index (χ3v) is 3.66. The zero-order chi connectivity index (χ0) is 10.7. The van der Waals surface area contributed by atoms with Crippen LogP contribution < -0.4 is 10.6 Å². The van der Waals surface area contributed by atoms with Gasteiger partial charge in [0.1, 0.15) is 0 Å². The van der Waals surface area contributed by atoms with Gasteiger partial charge in [-0.15, -0.1) is 0 Å². The van der Waals surface area contributed by atoms with E-state index in [4.69, 9.17) is 0 Å². The van der Waals surface area contributed by atoms with Gasteiger partial charge in [0.05, 0.1) is 0 Å². The molecule has 3 nitrogen and oxygen atoms in total.